The molecule has 0 unspecified atom stereocenters. The first-order valence-corrected chi connectivity index (χ1v) is 47.2. The number of carbonyl (C=O) groups is 15. The molecule has 15 atom stereocenters. The van der Waals surface area contributed by atoms with Crippen LogP contribution in [0.25, 0.3) is 0 Å². The van der Waals surface area contributed by atoms with Crippen molar-refractivity contribution in [1.82, 2.24) is 74.4 Å². The van der Waals surface area contributed by atoms with Crippen molar-refractivity contribution in [3.05, 3.63) is 0 Å². The summed E-state index contributed by atoms with van der Waals surface area (Å²) < 4.78 is 0. The minimum Gasteiger partial charge on any atom is -0.368 e. The highest BCUT2D eigenvalue weighted by atomic mass is 16.2. The van der Waals surface area contributed by atoms with Crippen molar-refractivity contribution in [2.24, 2.45) is 99.1 Å². The minimum absolute atomic E-state index is 0.0265. The predicted octanol–water partition coefficient (Wildman–Crippen LogP) is 1.78. The number of unbranched alkanes of at least 4 members (excludes halogenated alkanes) is 6. The van der Waals surface area contributed by atoms with Gasteiger partial charge in [0.1, 0.15) is 84.6 Å². The van der Waals surface area contributed by atoms with Crippen LogP contribution in [0.15, 0.2) is 0 Å². The fraction of sp³-hybridized carbons (Fsp3) is 0.833. The third-order valence-corrected chi connectivity index (χ3v) is 21.3. The third kappa shape index (κ3) is 52.3. The van der Waals surface area contributed by atoms with Gasteiger partial charge in [-0.2, -0.15) is 0 Å². The zero-order valence-corrected chi connectivity index (χ0v) is 80.4. The number of primary amides is 1. The molecule has 0 radical (unpaired) electrons. The Labute approximate surface area is 758 Å². The first-order valence-electron chi connectivity index (χ1n) is 47.2. The quantitative estimate of drug-likeness (QED) is 0.0386. The maximum Gasteiger partial charge on any atom is 0.243 e. The van der Waals surface area contributed by atoms with E-state index in [1.165, 1.54) is 0 Å². The first-order chi connectivity index (χ1) is 59.7. The minimum atomic E-state index is -1.32. The van der Waals surface area contributed by atoms with E-state index in [9.17, 15) is 71.9 Å². The molecule has 0 aromatic rings. The molecular weight excluding hydrogens is 1630 g/mol. The first kappa shape index (κ1) is 119. The van der Waals surface area contributed by atoms with E-state index in [1.807, 2.05) is 125 Å². The average molecular weight is 1800 g/mol. The smallest absolute Gasteiger partial charge is 0.243 e. The molecule has 0 aliphatic carbocycles. The standard InChI is InChI=1S/C90H174N22O15/c1-52(2)43-67(104-77(114)61(97)31-19-25-37-91)86(123)109-69(45-54(5)6)84(121)102-65(35-23-29-41-95)80(117)106-73(49-58(13)14)88(125)110-70(46-55(7)8)83(120)101-63(33-21-27-39-93)78(115)100-64(34-22-28-40-94)79(116)105-72(48-57(11)12)87(124)111-71(47-56(9)10)85(122)103-66(36-24-30-42-96)81(118)107-74(50-59(15)16)89(126)112-75(51-60(17)18)90(127)108-68(44-53(3)4)82(119)99-62(76(98)113)32-20-26-38-92/h52-75H,19-51,91-97H2,1-18H3,(H2,98,113)(H,99,119)(H,100,115)(H,101,120)(H,102,121)(H,103,122)(H,104,114)(H,105,116)(H,106,117)(H,107,118)(H,108,127)(H,109,123)(H,110,125)(H,111,124)(H,112,126)/t61-,62-,63+,64+,65-,66-,67-,68-,69+,70+,71+,72-,73-,74-,75+/m0/s1. The van der Waals surface area contributed by atoms with E-state index >= 15 is 0 Å². The molecule has 0 aliphatic rings. The summed E-state index contributed by atoms with van der Waals surface area (Å²) in [6.07, 6.45) is 7.43. The van der Waals surface area contributed by atoms with E-state index in [0.717, 1.165) is 0 Å². The molecule has 0 saturated heterocycles. The van der Waals surface area contributed by atoms with Crippen LogP contribution in [0.3, 0.4) is 0 Å². The molecule has 0 bridgehead atoms. The van der Waals surface area contributed by atoms with Crippen LogP contribution in [0.2, 0.25) is 0 Å². The Bertz CT molecular complexity index is 3280. The lowest BCUT2D eigenvalue weighted by Crippen LogP contribution is -2.61. The van der Waals surface area contributed by atoms with Gasteiger partial charge in [0, 0.05) is 0 Å². The predicted molar refractivity (Wildman–Crippen MR) is 497 cm³/mol. The summed E-state index contributed by atoms with van der Waals surface area (Å²) in [5, 5.41) is 39.5. The maximum absolute atomic E-state index is 14.9. The van der Waals surface area contributed by atoms with Crippen LogP contribution in [0.1, 0.15) is 298 Å². The van der Waals surface area contributed by atoms with Crippen molar-refractivity contribution < 1.29 is 71.9 Å². The SMILES string of the molecule is CC(C)C[C@H](NC(=O)[C@H](CCCCN)NC(=O)[C@@H](CC(C)C)NC(=O)[C@H](CC(C)C)NC(=O)[C@@H](CCCCN)NC(=O)[C@@H](CCCCN)NC(=O)[C@@H](CC(C)C)NC(=O)[C@H](CC(C)C)NC(=O)[C@H](CCCCN)NC(=O)[C@@H](CC(C)C)NC(=O)[C@H](CC(C)C)NC(=O)[C@@H](N)CCCCN)C(=O)N[C@H](CC(C)C)C(=O)N[C@@H](CC(C)C)C(=O)N[C@@H](CCCCN)C(N)=O. The number of amides is 15. The summed E-state index contributed by atoms with van der Waals surface area (Å²) in [4.78, 5) is 216. The molecule has 30 N–H and O–H groups in total. The fourth-order valence-electron chi connectivity index (χ4n) is 14.6. The van der Waals surface area contributed by atoms with E-state index in [1.54, 1.807) is 0 Å². The second kappa shape index (κ2) is 66.2. The van der Waals surface area contributed by atoms with Crippen LogP contribution >= 0.6 is 0 Å². The Balaban J connectivity index is 7.42. The Morgan fingerprint density at radius 1 is 0.173 bits per heavy atom. The van der Waals surface area contributed by atoms with Gasteiger partial charge in [0.05, 0.1) is 6.04 Å². The van der Waals surface area contributed by atoms with Crippen molar-refractivity contribution in [3.63, 3.8) is 0 Å². The van der Waals surface area contributed by atoms with Crippen LogP contribution < -0.4 is 120 Å². The highest BCUT2D eigenvalue weighted by Crippen LogP contribution is 2.20. The van der Waals surface area contributed by atoms with E-state index in [-0.39, 0.29) is 169 Å². The number of hydrogen-bond acceptors (Lipinski definition) is 22. The second-order valence-electron chi connectivity index (χ2n) is 38.2. The number of carbonyl (C=O) groups excluding carboxylic acids is 15. The van der Waals surface area contributed by atoms with Crippen molar-refractivity contribution in [3.8, 4) is 0 Å². The molecule has 734 valence electrons. The Hall–Kier alpha value is -8.23. The topological polar surface area (TPSA) is 633 Å². The normalized spacial score (nSPS) is 15.3. The monoisotopic (exact) mass is 1800 g/mol. The molecule has 0 rings (SSSR count). The van der Waals surface area contributed by atoms with Crippen molar-refractivity contribution >= 4 is 88.6 Å². The summed E-state index contributed by atoms with van der Waals surface area (Å²) in [5.41, 5.74) is 46.9. The van der Waals surface area contributed by atoms with Crippen LogP contribution in [-0.4, -0.2) is 219 Å². The summed E-state index contributed by atoms with van der Waals surface area (Å²) in [5.74, 6) is -12.1. The summed E-state index contributed by atoms with van der Waals surface area (Å²) in [6, 6.07) is -18.0. The average Bonchev–Trinajstić information content (AvgIpc) is 0.857. The van der Waals surface area contributed by atoms with E-state index in [0.29, 0.717) is 96.6 Å². The largest absolute Gasteiger partial charge is 0.368 e. The van der Waals surface area contributed by atoms with Crippen LogP contribution in [0.4, 0.5) is 0 Å². The molecule has 0 saturated carbocycles. The Morgan fingerprint density at radius 3 is 0.433 bits per heavy atom. The maximum atomic E-state index is 14.9. The highest BCUT2D eigenvalue weighted by Gasteiger charge is 2.40. The van der Waals surface area contributed by atoms with Gasteiger partial charge >= 0.3 is 0 Å². The van der Waals surface area contributed by atoms with Crippen LogP contribution in [-0.2, 0) is 71.9 Å². The lowest BCUT2D eigenvalue weighted by molar-refractivity contribution is -0.137. The molecular formula is C90H174N22O15. The van der Waals surface area contributed by atoms with Gasteiger partial charge in [-0.1, -0.05) is 131 Å². The number of hydrogen-bond donors (Lipinski definition) is 22. The van der Waals surface area contributed by atoms with Gasteiger partial charge in [0.15, 0.2) is 0 Å². The molecule has 0 fully saturated rings. The lowest BCUT2D eigenvalue weighted by atomic mass is 9.98. The Kier molecular flexibility index (Phi) is 61.9. The molecule has 37 heteroatoms. The summed E-state index contributed by atoms with van der Waals surface area (Å²) >= 11 is 0. The molecule has 127 heavy (non-hydrogen) atoms. The van der Waals surface area contributed by atoms with Crippen LogP contribution in [0, 0.1) is 53.3 Å². The van der Waals surface area contributed by atoms with Crippen molar-refractivity contribution in [1.29, 1.82) is 0 Å². The highest BCUT2D eigenvalue weighted by molar-refractivity contribution is 6.00. The van der Waals surface area contributed by atoms with Gasteiger partial charge in [-0.05, 0) is 259 Å². The fourth-order valence-corrected chi connectivity index (χ4v) is 14.6. The van der Waals surface area contributed by atoms with Crippen molar-refractivity contribution in [2.75, 3.05) is 39.3 Å². The number of nitrogens with one attached hydrogen (secondary N) is 14. The van der Waals surface area contributed by atoms with Gasteiger partial charge < -0.3 is 120 Å². The second-order valence-corrected chi connectivity index (χ2v) is 38.2. The van der Waals surface area contributed by atoms with Gasteiger partial charge in [-0.15, -0.1) is 0 Å². The molecule has 0 aromatic heterocycles. The van der Waals surface area contributed by atoms with Gasteiger partial charge in [0.25, 0.3) is 0 Å². The van der Waals surface area contributed by atoms with Gasteiger partial charge in [-0.25, -0.2) is 0 Å². The number of nitrogens with two attached hydrogens (primary N) is 8. The summed E-state index contributed by atoms with van der Waals surface area (Å²) in [6.45, 7) is 35.1. The Morgan fingerprint density at radius 2 is 0.291 bits per heavy atom. The molecule has 0 aliphatic heterocycles. The zero-order valence-electron chi connectivity index (χ0n) is 80.4. The summed E-state index contributed by atoms with van der Waals surface area (Å²) in [7, 11) is 0. The van der Waals surface area contributed by atoms with Crippen molar-refractivity contribution in [2.45, 2.75) is 389 Å². The van der Waals surface area contributed by atoms with Gasteiger partial charge in [-0.3, -0.25) is 71.9 Å². The molecule has 0 spiro atoms. The lowest BCUT2D eigenvalue weighted by Gasteiger charge is -2.30. The molecule has 15 amide bonds. The van der Waals surface area contributed by atoms with Gasteiger partial charge in [0.2, 0.25) is 88.6 Å². The van der Waals surface area contributed by atoms with E-state index < -0.39 is 179 Å². The van der Waals surface area contributed by atoms with E-state index in [4.69, 9.17) is 45.9 Å². The number of rotatable bonds is 71. The molecule has 37 nitrogen and oxygen atoms in total. The van der Waals surface area contributed by atoms with E-state index in [2.05, 4.69) is 74.4 Å². The third-order valence-electron chi connectivity index (χ3n) is 21.3. The zero-order chi connectivity index (χ0) is 96.8. The molecule has 0 heterocycles. The van der Waals surface area contributed by atoms with Crippen LogP contribution in [0.5, 0.6) is 0 Å². The molecule has 0 aromatic carbocycles.